The van der Waals surface area contributed by atoms with Gasteiger partial charge in [0.1, 0.15) is 0 Å². The number of thioether (sulfide) groups is 1. The van der Waals surface area contributed by atoms with Crippen LogP contribution in [0.2, 0.25) is 0 Å². The fourth-order valence-corrected chi connectivity index (χ4v) is 3.39. The molecule has 1 aromatic rings. The van der Waals surface area contributed by atoms with Crippen molar-refractivity contribution in [3.05, 3.63) is 35.4 Å². The second-order valence-corrected chi connectivity index (χ2v) is 6.07. The Labute approximate surface area is 112 Å². The van der Waals surface area contributed by atoms with Crippen LogP contribution in [0, 0.1) is 0 Å². The predicted molar refractivity (Wildman–Crippen MR) is 75.2 cm³/mol. The Morgan fingerprint density at radius 2 is 1.56 bits per heavy atom. The highest BCUT2D eigenvalue weighted by molar-refractivity contribution is 8.14. The summed E-state index contributed by atoms with van der Waals surface area (Å²) in [5.41, 5.74) is 1.37. The zero-order valence-corrected chi connectivity index (χ0v) is 11.5. The van der Waals surface area contributed by atoms with Gasteiger partial charge in [-0.05, 0) is 31.9 Å². The summed E-state index contributed by atoms with van der Waals surface area (Å²) in [5.74, 6) is 0.0360. The topological polar surface area (TPSA) is 34.1 Å². The van der Waals surface area contributed by atoms with E-state index < -0.39 is 0 Å². The fraction of sp³-hybridized carbons (Fsp3) is 0.467. The molecule has 0 atom stereocenters. The van der Waals surface area contributed by atoms with Gasteiger partial charge >= 0.3 is 0 Å². The first-order chi connectivity index (χ1) is 8.66. The summed E-state index contributed by atoms with van der Waals surface area (Å²) in [6.07, 6.45) is 6.10. The van der Waals surface area contributed by atoms with Crippen LogP contribution in [0.25, 0.3) is 0 Å². The van der Waals surface area contributed by atoms with Gasteiger partial charge in [0.25, 0.3) is 0 Å². The average Bonchev–Trinajstić information content (AvgIpc) is 2.40. The minimum Gasteiger partial charge on any atom is -0.295 e. The van der Waals surface area contributed by atoms with E-state index in [2.05, 4.69) is 0 Å². The highest BCUT2D eigenvalue weighted by atomic mass is 32.2. The predicted octanol–water partition coefficient (Wildman–Crippen LogP) is 4.10. The summed E-state index contributed by atoms with van der Waals surface area (Å²) in [4.78, 5) is 23.2. The lowest BCUT2D eigenvalue weighted by Crippen LogP contribution is -2.11. The molecule has 0 amide bonds. The highest BCUT2D eigenvalue weighted by Crippen LogP contribution is 2.30. The molecule has 0 heterocycles. The third kappa shape index (κ3) is 3.45. The van der Waals surface area contributed by atoms with Crippen molar-refractivity contribution in [2.24, 2.45) is 0 Å². The number of Topliss-reactive ketones (excluding diaryl/α,β-unsaturated/α-hetero) is 1. The van der Waals surface area contributed by atoms with Crippen LogP contribution in [0.1, 0.15) is 59.7 Å². The van der Waals surface area contributed by atoms with Crippen LogP contribution < -0.4 is 0 Å². The Kier molecular flexibility index (Phi) is 4.59. The molecule has 0 radical (unpaired) electrons. The Bertz CT molecular complexity index is 430. The van der Waals surface area contributed by atoms with Crippen molar-refractivity contribution in [1.29, 1.82) is 0 Å². The Hall–Kier alpha value is -1.09. The number of carbonyl (C=O) groups is 2. The average molecular weight is 262 g/mol. The zero-order valence-electron chi connectivity index (χ0n) is 10.6. The van der Waals surface area contributed by atoms with Crippen LogP contribution in [0.4, 0.5) is 0 Å². The molecule has 1 aromatic carbocycles. The Balaban J connectivity index is 1.97. The van der Waals surface area contributed by atoms with Gasteiger partial charge in [-0.1, -0.05) is 43.2 Å². The monoisotopic (exact) mass is 262 g/mol. The van der Waals surface area contributed by atoms with Crippen molar-refractivity contribution in [2.45, 2.75) is 44.3 Å². The molecule has 2 nitrogen and oxygen atoms in total. The molecule has 0 aromatic heterocycles. The molecule has 2 rings (SSSR count). The smallest absolute Gasteiger partial charge is 0.219 e. The normalized spacial score (nSPS) is 16.5. The van der Waals surface area contributed by atoms with E-state index in [1.165, 1.54) is 37.9 Å². The molecule has 0 unspecified atom stereocenters. The van der Waals surface area contributed by atoms with Crippen molar-refractivity contribution in [1.82, 2.24) is 0 Å². The van der Waals surface area contributed by atoms with E-state index in [0.717, 1.165) is 12.8 Å². The molecule has 1 saturated carbocycles. The maximum atomic E-state index is 12.1. The Morgan fingerprint density at radius 1 is 1.00 bits per heavy atom. The first-order valence-electron chi connectivity index (χ1n) is 6.49. The molecule has 3 heteroatoms. The van der Waals surface area contributed by atoms with E-state index in [-0.39, 0.29) is 10.9 Å². The van der Waals surface area contributed by atoms with Gasteiger partial charge in [-0.25, -0.2) is 0 Å². The molecule has 1 aliphatic rings. The van der Waals surface area contributed by atoms with Crippen LogP contribution in [0.5, 0.6) is 0 Å². The zero-order chi connectivity index (χ0) is 13.0. The molecule has 18 heavy (non-hydrogen) atoms. The van der Waals surface area contributed by atoms with Gasteiger partial charge in [0.15, 0.2) is 5.78 Å². The van der Waals surface area contributed by atoms with Crippen molar-refractivity contribution < 1.29 is 9.59 Å². The third-order valence-electron chi connectivity index (χ3n) is 3.35. The van der Waals surface area contributed by atoms with E-state index in [1.54, 1.807) is 24.3 Å². The molecule has 1 fully saturated rings. The van der Waals surface area contributed by atoms with Crippen LogP contribution in [-0.2, 0) is 0 Å². The SMILES string of the molecule is CC(=O)c1ccc(C(=O)SC2CCCCC2)cc1. The van der Waals surface area contributed by atoms with Gasteiger partial charge in [-0.2, -0.15) is 0 Å². The molecule has 0 aliphatic heterocycles. The molecule has 0 spiro atoms. The number of hydrogen-bond acceptors (Lipinski definition) is 3. The van der Waals surface area contributed by atoms with E-state index >= 15 is 0 Å². The van der Waals surface area contributed by atoms with Gasteiger partial charge < -0.3 is 0 Å². The van der Waals surface area contributed by atoms with E-state index in [0.29, 0.717) is 16.4 Å². The van der Waals surface area contributed by atoms with Gasteiger partial charge in [0.2, 0.25) is 5.12 Å². The lowest BCUT2D eigenvalue weighted by atomic mass is 10.0. The van der Waals surface area contributed by atoms with Crippen molar-refractivity contribution >= 4 is 22.7 Å². The van der Waals surface area contributed by atoms with Crippen LogP contribution in [0.15, 0.2) is 24.3 Å². The quantitative estimate of drug-likeness (QED) is 0.769. The van der Waals surface area contributed by atoms with Gasteiger partial charge in [-0.15, -0.1) is 0 Å². The van der Waals surface area contributed by atoms with Crippen molar-refractivity contribution in [2.75, 3.05) is 0 Å². The third-order valence-corrected chi connectivity index (χ3v) is 4.61. The lowest BCUT2D eigenvalue weighted by molar-refractivity contribution is 0.101. The minimum atomic E-state index is 0.0360. The highest BCUT2D eigenvalue weighted by Gasteiger charge is 2.18. The summed E-state index contributed by atoms with van der Waals surface area (Å²) >= 11 is 1.46. The molecule has 96 valence electrons. The van der Waals surface area contributed by atoms with E-state index in [9.17, 15) is 9.59 Å². The van der Waals surface area contributed by atoms with Gasteiger partial charge in [-0.3, -0.25) is 9.59 Å². The van der Waals surface area contributed by atoms with Crippen LogP contribution in [-0.4, -0.2) is 16.1 Å². The van der Waals surface area contributed by atoms with Crippen molar-refractivity contribution in [3.8, 4) is 0 Å². The molecule has 1 aliphatic carbocycles. The van der Waals surface area contributed by atoms with Gasteiger partial charge in [0.05, 0.1) is 0 Å². The number of hydrogen-bond donors (Lipinski definition) is 0. The summed E-state index contributed by atoms with van der Waals surface area (Å²) in [5, 5.41) is 0.621. The van der Waals surface area contributed by atoms with Gasteiger partial charge in [0, 0.05) is 16.4 Å². The number of benzene rings is 1. The maximum absolute atomic E-state index is 12.1. The second-order valence-electron chi connectivity index (χ2n) is 4.80. The van der Waals surface area contributed by atoms with E-state index in [1.807, 2.05) is 0 Å². The first-order valence-corrected chi connectivity index (χ1v) is 7.37. The standard InChI is InChI=1S/C15H18O2S/c1-11(16)12-7-9-13(10-8-12)15(17)18-14-5-3-2-4-6-14/h7-10,14H,2-6H2,1H3. The summed E-state index contributed by atoms with van der Waals surface area (Å²) < 4.78 is 0. The summed E-state index contributed by atoms with van der Waals surface area (Å²) in [7, 11) is 0. The molecular formula is C15H18O2S. The number of rotatable bonds is 3. The molecule has 0 N–H and O–H groups in total. The minimum absolute atomic E-state index is 0.0360. The largest absolute Gasteiger partial charge is 0.295 e. The summed E-state index contributed by atoms with van der Waals surface area (Å²) in [6, 6.07) is 6.98. The fourth-order valence-electron chi connectivity index (χ4n) is 2.24. The van der Waals surface area contributed by atoms with Crippen molar-refractivity contribution in [3.63, 3.8) is 0 Å². The number of ketones is 1. The second kappa shape index (κ2) is 6.19. The van der Waals surface area contributed by atoms with E-state index in [4.69, 9.17) is 0 Å². The van der Waals surface area contributed by atoms with Crippen LogP contribution >= 0.6 is 11.8 Å². The molecule has 0 bridgehead atoms. The number of carbonyl (C=O) groups excluding carboxylic acids is 2. The molecule has 0 saturated heterocycles. The van der Waals surface area contributed by atoms with Crippen LogP contribution in [0.3, 0.4) is 0 Å². The molecular weight excluding hydrogens is 244 g/mol. The lowest BCUT2D eigenvalue weighted by Gasteiger charge is -2.19. The maximum Gasteiger partial charge on any atom is 0.219 e. The Morgan fingerprint density at radius 3 is 2.11 bits per heavy atom. The first kappa shape index (κ1) is 13.3. The summed E-state index contributed by atoms with van der Waals surface area (Å²) in [6.45, 7) is 1.54.